The summed E-state index contributed by atoms with van der Waals surface area (Å²) in [5.41, 5.74) is -0.874. The lowest BCUT2D eigenvalue weighted by Crippen LogP contribution is -2.35. The lowest BCUT2D eigenvalue weighted by molar-refractivity contribution is 0.297. The van der Waals surface area contributed by atoms with Crippen LogP contribution in [-0.2, 0) is 0 Å². The van der Waals surface area contributed by atoms with E-state index in [-0.39, 0.29) is 6.61 Å². The predicted molar refractivity (Wildman–Crippen MR) is 64.7 cm³/mol. The topological polar surface area (TPSA) is 9.23 Å². The molecule has 0 atom stereocenters. The van der Waals surface area contributed by atoms with Crippen molar-refractivity contribution in [3.63, 3.8) is 0 Å². The average Bonchev–Trinajstić information content (AvgIpc) is 2.22. The zero-order valence-electron chi connectivity index (χ0n) is 10.4. The van der Waals surface area contributed by atoms with E-state index in [1.165, 1.54) is 0 Å². The van der Waals surface area contributed by atoms with Crippen LogP contribution in [-0.4, -0.2) is 13.6 Å². The van der Waals surface area contributed by atoms with Crippen molar-refractivity contribution in [3.8, 4) is 5.75 Å². The van der Waals surface area contributed by atoms with Crippen molar-refractivity contribution in [2.75, 3.05) is 6.61 Å². The van der Waals surface area contributed by atoms with E-state index in [4.69, 9.17) is 4.74 Å². The van der Waals surface area contributed by atoms with E-state index in [9.17, 15) is 17.3 Å². The second kappa shape index (κ2) is 6.11. The highest BCUT2D eigenvalue weighted by molar-refractivity contribution is 6.74. The zero-order chi connectivity index (χ0) is 13.8. The van der Waals surface area contributed by atoms with Gasteiger partial charge >= 0.3 is 6.98 Å². The van der Waals surface area contributed by atoms with Gasteiger partial charge in [0.25, 0.3) is 0 Å². The van der Waals surface area contributed by atoms with Crippen molar-refractivity contribution in [1.29, 1.82) is 0 Å². The molecule has 0 spiro atoms. The van der Waals surface area contributed by atoms with E-state index in [0.29, 0.717) is 12.3 Å². The number of benzene rings is 1. The van der Waals surface area contributed by atoms with Crippen molar-refractivity contribution in [3.05, 3.63) is 24.0 Å². The van der Waals surface area contributed by atoms with Gasteiger partial charge in [-0.15, -0.1) is 0 Å². The van der Waals surface area contributed by atoms with Crippen LogP contribution in [0.15, 0.2) is 18.2 Å². The first-order chi connectivity index (χ1) is 8.30. The van der Waals surface area contributed by atoms with Crippen molar-refractivity contribution in [2.45, 2.75) is 26.7 Å². The van der Waals surface area contributed by atoms with E-state index in [0.717, 1.165) is 24.6 Å². The van der Waals surface area contributed by atoms with Gasteiger partial charge < -0.3 is 17.7 Å². The molecule has 0 bridgehead atoms. The summed E-state index contributed by atoms with van der Waals surface area (Å²) in [4.78, 5) is 0. The van der Waals surface area contributed by atoms with Crippen LogP contribution in [0, 0.1) is 11.7 Å². The Hall–Kier alpha value is -1.20. The molecule has 6 heteroatoms. The molecule has 0 fully saturated rings. The Kier molecular flexibility index (Phi) is 5.05. The smallest absolute Gasteiger partial charge is 0.496 e. The summed E-state index contributed by atoms with van der Waals surface area (Å²) in [7, 11) is 0. The Morgan fingerprint density at radius 3 is 2.44 bits per heavy atom. The third-order valence-electron chi connectivity index (χ3n) is 2.51. The summed E-state index contributed by atoms with van der Waals surface area (Å²) < 4.78 is 56.0. The van der Waals surface area contributed by atoms with Gasteiger partial charge in [0.1, 0.15) is 5.82 Å². The maximum Gasteiger partial charge on any atom is 0.513 e. The molecule has 0 N–H and O–H groups in total. The highest BCUT2D eigenvalue weighted by Crippen LogP contribution is 2.19. The minimum Gasteiger partial charge on any atom is -0.496 e. The quantitative estimate of drug-likeness (QED) is 0.432. The molecular weight excluding hydrogens is 247 g/mol. The zero-order valence-corrected chi connectivity index (χ0v) is 10.4. The van der Waals surface area contributed by atoms with Crippen LogP contribution in [0.5, 0.6) is 5.75 Å². The molecule has 0 aliphatic rings. The summed E-state index contributed by atoms with van der Waals surface area (Å²) >= 11 is 0. The van der Waals surface area contributed by atoms with Gasteiger partial charge in [0.05, 0.1) is 12.4 Å². The summed E-state index contributed by atoms with van der Waals surface area (Å²) in [6, 6.07) is 2.32. The van der Waals surface area contributed by atoms with Gasteiger partial charge in [-0.3, -0.25) is 0 Å². The number of hydrogen-bond acceptors (Lipinski definition) is 1. The Morgan fingerprint density at radius 2 is 1.89 bits per heavy atom. The first-order valence-corrected chi connectivity index (χ1v) is 5.93. The third-order valence-corrected chi connectivity index (χ3v) is 2.51. The molecule has 0 aliphatic heterocycles. The van der Waals surface area contributed by atoms with Crippen LogP contribution in [0.1, 0.15) is 26.7 Å². The van der Waals surface area contributed by atoms with E-state index >= 15 is 0 Å². The first kappa shape index (κ1) is 14.9. The van der Waals surface area contributed by atoms with Crippen LogP contribution in [0.4, 0.5) is 17.3 Å². The van der Waals surface area contributed by atoms with Crippen LogP contribution in [0.2, 0.25) is 0 Å². The monoisotopic (exact) mass is 263 g/mol. The number of hydrogen-bond donors (Lipinski definition) is 0. The molecule has 0 saturated carbocycles. The van der Waals surface area contributed by atoms with Crippen LogP contribution in [0.25, 0.3) is 0 Å². The number of rotatable bonds is 6. The van der Waals surface area contributed by atoms with Gasteiger partial charge in [0, 0.05) is 6.07 Å². The third kappa shape index (κ3) is 4.59. The molecule has 0 radical (unpaired) electrons. The largest absolute Gasteiger partial charge is 0.513 e. The average molecular weight is 263 g/mol. The van der Waals surface area contributed by atoms with Gasteiger partial charge in [0.15, 0.2) is 0 Å². The van der Waals surface area contributed by atoms with E-state index in [1.807, 2.05) is 13.8 Å². The summed E-state index contributed by atoms with van der Waals surface area (Å²) in [6.07, 6.45) is 1.51. The SMILES string of the molecule is CC(C)CCCOc1cc(F)ccc1[B-](F)(F)F. The number of ether oxygens (including phenoxy) is 1. The summed E-state index contributed by atoms with van der Waals surface area (Å²) in [6.45, 7) is -0.970. The van der Waals surface area contributed by atoms with Crippen molar-refractivity contribution in [1.82, 2.24) is 0 Å². The van der Waals surface area contributed by atoms with E-state index in [1.54, 1.807) is 0 Å². The Labute approximate surface area is 104 Å². The van der Waals surface area contributed by atoms with Gasteiger partial charge in [0.2, 0.25) is 0 Å². The lowest BCUT2D eigenvalue weighted by atomic mass is 9.79. The van der Waals surface area contributed by atoms with Gasteiger partial charge in [-0.25, -0.2) is 4.39 Å². The van der Waals surface area contributed by atoms with Crippen LogP contribution >= 0.6 is 0 Å². The normalized spacial score (nSPS) is 11.9. The Morgan fingerprint density at radius 1 is 1.22 bits per heavy atom. The fourth-order valence-electron chi connectivity index (χ4n) is 1.58. The van der Waals surface area contributed by atoms with Crippen LogP contribution < -0.4 is 10.2 Å². The molecule has 102 valence electrons. The minimum absolute atomic E-state index is 0.167. The summed E-state index contributed by atoms with van der Waals surface area (Å²) in [5, 5.41) is 0. The maximum absolute atomic E-state index is 12.9. The van der Waals surface area contributed by atoms with Crippen LogP contribution in [0.3, 0.4) is 0 Å². The first-order valence-electron chi connectivity index (χ1n) is 5.93. The van der Waals surface area contributed by atoms with Gasteiger partial charge in [-0.05, 0) is 24.8 Å². The fraction of sp³-hybridized carbons (Fsp3) is 0.500. The molecule has 1 rings (SSSR count). The van der Waals surface area contributed by atoms with Crippen molar-refractivity contribution in [2.24, 2.45) is 5.92 Å². The minimum atomic E-state index is -5.18. The molecular formula is C12H16BF4O-. The molecule has 1 aromatic rings. The Bertz CT molecular complexity index is 390. The second-order valence-corrected chi connectivity index (χ2v) is 4.64. The highest BCUT2D eigenvalue weighted by Gasteiger charge is 2.29. The Balaban J connectivity index is 2.71. The molecule has 0 aromatic heterocycles. The molecule has 0 saturated heterocycles. The lowest BCUT2D eigenvalue weighted by Gasteiger charge is -2.20. The molecule has 0 unspecified atom stereocenters. The van der Waals surface area contributed by atoms with E-state index in [2.05, 4.69) is 0 Å². The van der Waals surface area contributed by atoms with Crippen molar-refractivity contribution < 1.29 is 22.1 Å². The van der Waals surface area contributed by atoms with Gasteiger partial charge in [-0.1, -0.05) is 25.4 Å². The second-order valence-electron chi connectivity index (χ2n) is 4.64. The summed E-state index contributed by atoms with van der Waals surface area (Å²) in [5.74, 6) is -0.670. The molecule has 0 aliphatic carbocycles. The molecule has 0 heterocycles. The van der Waals surface area contributed by atoms with E-state index < -0.39 is 24.0 Å². The predicted octanol–water partition coefficient (Wildman–Crippen LogP) is 3.70. The van der Waals surface area contributed by atoms with Gasteiger partial charge in [-0.2, -0.15) is 0 Å². The fourth-order valence-corrected chi connectivity index (χ4v) is 1.58. The molecule has 1 aromatic carbocycles. The number of halogens is 4. The molecule has 18 heavy (non-hydrogen) atoms. The highest BCUT2D eigenvalue weighted by atomic mass is 19.4. The molecule has 0 amide bonds. The van der Waals surface area contributed by atoms with Crippen molar-refractivity contribution >= 4 is 12.4 Å². The maximum atomic E-state index is 12.9. The molecule has 1 nitrogen and oxygen atoms in total. The standard InChI is InChI=1S/C12H16BF4O/c1-9(2)4-3-7-18-12-8-10(14)5-6-11(12)13(15,16)17/h5-6,8-9H,3-4,7H2,1-2H3/q-1.